The summed E-state index contributed by atoms with van der Waals surface area (Å²) in [6.07, 6.45) is 5.43. The van der Waals surface area contributed by atoms with E-state index in [-0.39, 0.29) is 5.41 Å². The molecule has 0 radical (unpaired) electrons. The monoisotopic (exact) mass is 288 g/mol. The van der Waals surface area contributed by atoms with Gasteiger partial charge in [0.05, 0.1) is 0 Å². The fraction of sp³-hybridized carbons (Fsp3) is 0.684. The number of likely N-dealkylation sites (N-methyl/N-ethyl adjacent to an activating group) is 1. The molecule has 0 aromatic heterocycles. The average Bonchev–Trinajstić information content (AvgIpc) is 2.97. The molecule has 0 aliphatic heterocycles. The quantitative estimate of drug-likeness (QED) is 0.877. The Bertz CT molecular complexity index is 424. The summed E-state index contributed by atoms with van der Waals surface area (Å²) in [5, 5.41) is 0. The van der Waals surface area contributed by atoms with Crippen molar-refractivity contribution >= 4 is 0 Å². The molecule has 2 nitrogen and oxygen atoms in total. The van der Waals surface area contributed by atoms with Crippen LogP contribution < -0.4 is 5.73 Å². The van der Waals surface area contributed by atoms with Crippen molar-refractivity contribution in [3.05, 3.63) is 35.4 Å². The number of nitrogens with two attached hydrogens (primary N) is 1. The third kappa shape index (κ3) is 3.87. The smallest absolute Gasteiger partial charge is 0.0473 e. The fourth-order valence-corrected chi connectivity index (χ4v) is 3.64. The van der Waals surface area contributed by atoms with E-state index >= 15 is 0 Å². The first kappa shape index (κ1) is 16.5. The second kappa shape index (κ2) is 6.93. The van der Waals surface area contributed by atoms with Crippen molar-refractivity contribution in [2.24, 2.45) is 5.73 Å². The lowest BCUT2D eigenvalue weighted by atomic mass is 9.86. The van der Waals surface area contributed by atoms with Crippen LogP contribution in [-0.2, 0) is 5.41 Å². The Balaban J connectivity index is 2.19. The Hall–Kier alpha value is -0.860. The third-order valence-corrected chi connectivity index (χ3v) is 4.94. The van der Waals surface area contributed by atoms with Crippen molar-refractivity contribution in [2.75, 3.05) is 13.1 Å². The van der Waals surface area contributed by atoms with Gasteiger partial charge in [0.25, 0.3) is 0 Å². The molecule has 0 spiro atoms. The summed E-state index contributed by atoms with van der Waals surface area (Å²) in [7, 11) is 0. The summed E-state index contributed by atoms with van der Waals surface area (Å²) in [5.41, 5.74) is 9.11. The van der Waals surface area contributed by atoms with Gasteiger partial charge in [-0.05, 0) is 35.9 Å². The van der Waals surface area contributed by atoms with E-state index in [0.29, 0.717) is 12.6 Å². The number of nitrogens with zero attached hydrogens (tertiary/aromatic N) is 1. The van der Waals surface area contributed by atoms with Crippen LogP contribution in [0.15, 0.2) is 24.3 Å². The second-order valence-electron chi connectivity index (χ2n) is 7.39. The number of hydrogen-bond acceptors (Lipinski definition) is 2. The van der Waals surface area contributed by atoms with Crippen molar-refractivity contribution < 1.29 is 0 Å². The molecule has 1 fully saturated rings. The molecule has 21 heavy (non-hydrogen) atoms. The van der Waals surface area contributed by atoms with Crippen molar-refractivity contribution in [3.63, 3.8) is 0 Å². The van der Waals surface area contributed by atoms with Crippen LogP contribution in [0.3, 0.4) is 0 Å². The first-order valence-corrected chi connectivity index (χ1v) is 8.53. The van der Waals surface area contributed by atoms with E-state index in [1.807, 2.05) is 0 Å². The van der Waals surface area contributed by atoms with E-state index in [1.54, 1.807) is 0 Å². The Morgan fingerprint density at radius 1 is 1.14 bits per heavy atom. The largest absolute Gasteiger partial charge is 0.329 e. The summed E-state index contributed by atoms with van der Waals surface area (Å²) in [4.78, 5) is 2.62. The maximum Gasteiger partial charge on any atom is 0.0473 e. The lowest BCUT2D eigenvalue weighted by molar-refractivity contribution is 0.147. The molecule has 0 saturated heterocycles. The van der Waals surface area contributed by atoms with Gasteiger partial charge in [-0.2, -0.15) is 0 Å². The van der Waals surface area contributed by atoms with Crippen LogP contribution in [0, 0.1) is 0 Å². The average molecular weight is 288 g/mol. The van der Waals surface area contributed by atoms with Gasteiger partial charge in [-0.15, -0.1) is 0 Å². The SMILES string of the molecule is CCN(C1CCCC1)C(CN)c1ccc(C(C)(C)C)cc1. The van der Waals surface area contributed by atoms with Crippen molar-refractivity contribution in [1.82, 2.24) is 4.90 Å². The second-order valence-corrected chi connectivity index (χ2v) is 7.39. The molecule has 2 N–H and O–H groups in total. The maximum atomic E-state index is 6.13. The Morgan fingerprint density at radius 2 is 1.71 bits per heavy atom. The van der Waals surface area contributed by atoms with Gasteiger partial charge < -0.3 is 5.73 Å². The molecule has 1 aliphatic carbocycles. The van der Waals surface area contributed by atoms with E-state index in [2.05, 4.69) is 56.9 Å². The topological polar surface area (TPSA) is 29.3 Å². The molecule has 118 valence electrons. The summed E-state index contributed by atoms with van der Waals surface area (Å²) in [6, 6.07) is 10.2. The molecule has 0 amide bonds. The first-order valence-electron chi connectivity index (χ1n) is 8.53. The van der Waals surface area contributed by atoms with Crippen LogP contribution in [-0.4, -0.2) is 24.0 Å². The standard InChI is InChI=1S/C19H32N2/c1-5-21(17-8-6-7-9-17)18(14-20)15-10-12-16(13-11-15)19(2,3)4/h10-13,17-18H,5-9,14,20H2,1-4H3. The van der Waals surface area contributed by atoms with Crippen LogP contribution in [0.1, 0.15) is 70.5 Å². The van der Waals surface area contributed by atoms with E-state index in [1.165, 1.54) is 36.8 Å². The van der Waals surface area contributed by atoms with Gasteiger partial charge in [0.15, 0.2) is 0 Å². The minimum atomic E-state index is 0.215. The fourth-order valence-electron chi connectivity index (χ4n) is 3.64. The first-order chi connectivity index (χ1) is 9.97. The highest BCUT2D eigenvalue weighted by Crippen LogP contribution is 2.31. The molecule has 1 unspecified atom stereocenters. The van der Waals surface area contributed by atoms with Crippen LogP contribution in [0.4, 0.5) is 0 Å². The van der Waals surface area contributed by atoms with Crippen LogP contribution in [0.2, 0.25) is 0 Å². The van der Waals surface area contributed by atoms with Gasteiger partial charge >= 0.3 is 0 Å². The lowest BCUT2D eigenvalue weighted by Crippen LogP contribution is -2.40. The van der Waals surface area contributed by atoms with Crippen LogP contribution >= 0.6 is 0 Å². The Morgan fingerprint density at radius 3 is 2.14 bits per heavy atom. The molecule has 1 saturated carbocycles. The third-order valence-electron chi connectivity index (χ3n) is 4.94. The van der Waals surface area contributed by atoms with Crippen LogP contribution in [0.5, 0.6) is 0 Å². The summed E-state index contributed by atoms with van der Waals surface area (Å²) >= 11 is 0. The highest BCUT2D eigenvalue weighted by molar-refractivity contribution is 5.29. The number of rotatable bonds is 5. The van der Waals surface area contributed by atoms with Gasteiger partial charge in [0.2, 0.25) is 0 Å². The zero-order chi connectivity index (χ0) is 15.5. The summed E-state index contributed by atoms with van der Waals surface area (Å²) < 4.78 is 0. The molecule has 0 heterocycles. The van der Waals surface area contributed by atoms with Crippen molar-refractivity contribution in [3.8, 4) is 0 Å². The minimum Gasteiger partial charge on any atom is -0.329 e. The number of hydrogen-bond donors (Lipinski definition) is 1. The summed E-state index contributed by atoms with van der Waals surface area (Å²) in [6.45, 7) is 10.9. The highest BCUT2D eigenvalue weighted by Gasteiger charge is 2.27. The molecule has 1 aromatic carbocycles. The Kier molecular flexibility index (Phi) is 5.45. The van der Waals surface area contributed by atoms with E-state index in [0.717, 1.165) is 12.6 Å². The van der Waals surface area contributed by atoms with Gasteiger partial charge in [-0.1, -0.05) is 64.8 Å². The van der Waals surface area contributed by atoms with Gasteiger partial charge in [-0.25, -0.2) is 0 Å². The van der Waals surface area contributed by atoms with E-state index in [4.69, 9.17) is 5.73 Å². The zero-order valence-electron chi connectivity index (χ0n) is 14.2. The van der Waals surface area contributed by atoms with Crippen molar-refractivity contribution in [2.45, 2.75) is 70.9 Å². The molecular formula is C19H32N2. The maximum absolute atomic E-state index is 6.13. The Labute approximate surface area is 130 Å². The summed E-state index contributed by atoms with van der Waals surface area (Å²) in [5.74, 6) is 0. The van der Waals surface area contributed by atoms with Gasteiger partial charge in [-0.3, -0.25) is 4.90 Å². The number of benzene rings is 1. The molecule has 2 heteroatoms. The predicted octanol–water partition coefficient (Wildman–Crippen LogP) is 4.25. The minimum absolute atomic E-state index is 0.215. The molecule has 1 aliphatic rings. The molecular weight excluding hydrogens is 256 g/mol. The van der Waals surface area contributed by atoms with E-state index in [9.17, 15) is 0 Å². The normalized spacial score (nSPS) is 18.4. The van der Waals surface area contributed by atoms with Crippen LogP contribution in [0.25, 0.3) is 0 Å². The van der Waals surface area contributed by atoms with Gasteiger partial charge in [0, 0.05) is 18.6 Å². The molecule has 1 atom stereocenters. The lowest BCUT2D eigenvalue weighted by Gasteiger charge is -2.35. The van der Waals surface area contributed by atoms with E-state index < -0.39 is 0 Å². The predicted molar refractivity (Wildman–Crippen MR) is 91.6 cm³/mol. The molecule has 1 aromatic rings. The molecule has 2 rings (SSSR count). The van der Waals surface area contributed by atoms with Crippen molar-refractivity contribution in [1.29, 1.82) is 0 Å². The highest BCUT2D eigenvalue weighted by atomic mass is 15.2. The molecule has 0 bridgehead atoms. The zero-order valence-corrected chi connectivity index (χ0v) is 14.2. The van der Waals surface area contributed by atoms with Gasteiger partial charge in [0.1, 0.15) is 0 Å².